The fraction of sp³-hybridized carbons (Fsp3) is 0.562. The van der Waals surface area contributed by atoms with Crippen molar-refractivity contribution in [2.75, 3.05) is 19.6 Å². The summed E-state index contributed by atoms with van der Waals surface area (Å²) in [6, 6.07) is 7.13. The smallest absolute Gasteiger partial charge is 0.124 e. The molecule has 20 heavy (non-hydrogen) atoms. The van der Waals surface area contributed by atoms with Crippen LogP contribution in [-0.2, 0) is 6.54 Å². The van der Waals surface area contributed by atoms with Crippen molar-refractivity contribution < 1.29 is 4.39 Å². The highest BCUT2D eigenvalue weighted by atomic mass is 19.1. The summed E-state index contributed by atoms with van der Waals surface area (Å²) in [6.45, 7) is 5.82. The highest BCUT2D eigenvalue weighted by molar-refractivity contribution is 5.33. The molecule has 0 amide bonds. The zero-order valence-electron chi connectivity index (χ0n) is 12.0. The maximum Gasteiger partial charge on any atom is 0.124 e. The summed E-state index contributed by atoms with van der Waals surface area (Å²) < 4.78 is 13.4. The molecular formula is C16H22FN3. The van der Waals surface area contributed by atoms with Crippen molar-refractivity contribution in [1.82, 2.24) is 10.2 Å². The third kappa shape index (κ3) is 4.29. The van der Waals surface area contributed by atoms with E-state index in [1.54, 1.807) is 6.07 Å². The van der Waals surface area contributed by atoms with E-state index in [0.29, 0.717) is 18.2 Å². The lowest BCUT2D eigenvalue weighted by Crippen LogP contribution is -2.43. The van der Waals surface area contributed by atoms with Gasteiger partial charge in [0.05, 0.1) is 11.6 Å². The number of rotatable bonds is 5. The fourth-order valence-electron chi connectivity index (χ4n) is 2.76. The number of hydrogen-bond donors (Lipinski definition) is 1. The minimum atomic E-state index is -0.328. The van der Waals surface area contributed by atoms with E-state index in [2.05, 4.69) is 17.1 Å². The van der Waals surface area contributed by atoms with Crippen molar-refractivity contribution in [1.29, 1.82) is 5.26 Å². The number of hydrogen-bond acceptors (Lipinski definition) is 3. The van der Waals surface area contributed by atoms with E-state index in [1.807, 2.05) is 6.07 Å². The zero-order valence-corrected chi connectivity index (χ0v) is 12.0. The second-order valence-electron chi connectivity index (χ2n) is 5.43. The van der Waals surface area contributed by atoms with Crippen molar-refractivity contribution in [3.63, 3.8) is 0 Å². The normalized spacial score (nSPS) is 19.0. The molecule has 3 nitrogen and oxygen atoms in total. The van der Waals surface area contributed by atoms with Crippen LogP contribution in [0.4, 0.5) is 4.39 Å². The number of halogens is 1. The number of benzene rings is 1. The van der Waals surface area contributed by atoms with Gasteiger partial charge in [0.2, 0.25) is 0 Å². The average Bonchev–Trinajstić information content (AvgIpc) is 2.47. The van der Waals surface area contributed by atoms with Crippen LogP contribution >= 0.6 is 0 Å². The van der Waals surface area contributed by atoms with Crippen LogP contribution in [0.25, 0.3) is 0 Å². The molecule has 1 atom stereocenters. The molecule has 1 aromatic carbocycles. The molecule has 0 radical (unpaired) electrons. The van der Waals surface area contributed by atoms with Crippen molar-refractivity contribution in [2.45, 2.75) is 38.8 Å². The van der Waals surface area contributed by atoms with Gasteiger partial charge in [-0.3, -0.25) is 4.90 Å². The molecule has 0 bridgehead atoms. The summed E-state index contributed by atoms with van der Waals surface area (Å²) in [6.07, 6.45) is 3.76. The molecule has 2 rings (SSSR count). The Balaban J connectivity index is 1.98. The van der Waals surface area contributed by atoms with E-state index in [-0.39, 0.29) is 5.82 Å². The van der Waals surface area contributed by atoms with Crippen LogP contribution in [0, 0.1) is 17.1 Å². The Bertz CT molecular complexity index is 475. The van der Waals surface area contributed by atoms with E-state index < -0.39 is 0 Å². The zero-order chi connectivity index (χ0) is 14.4. The summed E-state index contributed by atoms with van der Waals surface area (Å²) >= 11 is 0. The highest BCUT2D eigenvalue weighted by Crippen LogP contribution is 2.13. The van der Waals surface area contributed by atoms with Gasteiger partial charge in [-0.2, -0.15) is 5.26 Å². The van der Waals surface area contributed by atoms with Crippen molar-refractivity contribution in [3.8, 4) is 6.07 Å². The monoisotopic (exact) mass is 275 g/mol. The number of nitrogens with zero attached hydrogens (tertiary/aromatic N) is 2. The fourth-order valence-corrected chi connectivity index (χ4v) is 2.76. The predicted molar refractivity (Wildman–Crippen MR) is 77.7 cm³/mol. The molecule has 4 heteroatoms. The molecule has 1 aliphatic rings. The first-order valence-electron chi connectivity index (χ1n) is 7.36. The lowest BCUT2D eigenvalue weighted by atomic mass is 10.0. The summed E-state index contributed by atoms with van der Waals surface area (Å²) in [5.41, 5.74) is 1.27. The van der Waals surface area contributed by atoms with Gasteiger partial charge in [-0.05, 0) is 49.7 Å². The maximum absolute atomic E-state index is 13.4. The van der Waals surface area contributed by atoms with Gasteiger partial charge in [0.25, 0.3) is 0 Å². The first-order chi connectivity index (χ1) is 9.71. The summed E-state index contributed by atoms with van der Waals surface area (Å²) in [5.74, 6) is -0.328. The van der Waals surface area contributed by atoms with Crippen LogP contribution in [-0.4, -0.2) is 30.6 Å². The van der Waals surface area contributed by atoms with Crippen molar-refractivity contribution in [2.24, 2.45) is 0 Å². The molecule has 1 N–H and O–H groups in total. The highest BCUT2D eigenvalue weighted by Gasteiger charge is 2.16. The largest absolute Gasteiger partial charge is 0.313 e. The lowest BCUT2D eigenvalue weighted by molar-refractivity contribution is 0.226. The molecule has 0 aromatic heterocycles. The van der Waals surface area contributed by atoms with E-state index in [9.17, 15) is 4.39 Å². The number of piperidine rings is 1. The molecule has 1 unspecified atom stereocenters. The molecule has 1 aromatic rings. The van der Waals surface area contributed by atoms with Crippen LogP contribution in [0.5, 0.6) is 0 Å². The van der Waals surface area contributed by atoms with Gasteiger partial charge in [-0.15, -0.1) is 0 Å². The molecule has 1 heterocycles. The molecule has 1 fully saturated rings. The van der Waals surface area contributed by atoms with Crippen LogP contribution < -0.4 is 5.32 Å². The molecule has 0 aliphatic carbocycles. The summed E-state index contributed by atoms with van der Waals surface area (Å²) in [7, 11) is 0. The number of likely N-dealkylation sites (N-methyl/N-ethyl adjacent to an activating group) is 1. The molecule has 0 spiro atoms. The van der Waals surface area contributed by atoms with Crippen LogP contribution in [0.3, 0.4) is 0 Å². The summed E-state index contributed by atoms with van der Waals surface area (Å²) in [4.78, 5) is 2.30. The van der Waals surface area contributed by atoms with Gasteiger partial charge in [0.15, 0.2) is 0 Å². The number of nitrogens with one attached hydrogen (secondary N) is 1. The van der Waals surface area contributed by atoms with Gasteiger partial charge in [-0.1, -0.05) is 13.3 Å². The third-order valence-corrected chi connectivity index (χ3v) is 3.83. The van der Waals surface area contributed by atoms with Gasteiger partial charge < -0.3 is 5.32 Å². The Morgan fingerprint density at radius 1 is 1.40 bits per heavy atom. The Morgan fingerprint density at radius 2 is 2.25 bits per heavy atom. The topological polar surface area (TPSA) is 39.1 Å². The van der Waals surface area contributed by atoms with Gasteiger partial charge >= 0.3 is 0 Å². The van der Waals surface area contributed by atoms with E-state index in [0.717, 1.165) is 25.2 Å². The first kappa shape index (κ1) is 15.0. The maximum atomic E-state index is 13.4. The Hall–Kier alpha value is -1.44. The second-order valence-corrected chi connectivity index (χ2v) is 5.43. The van der Waals surface area contributed by atoms with Crippen LogP contribution in [0.15, 0.2) is 18.2 Å². The molecule has 0 saturated carbocycles. The Kier molecular flexibility index (Phi) is 5.51. The van der Waals surface area contributed by atoms with Gasteiger partial charge in [-0.25, -0.2) is 4.39 Å². The molecule has 1 aliphatic heterocycles. The van der Waals surface area contributed by atoms with E-state index >= 15 is 0 Å². The first-order valence-corrected chi connectivity index (χ1v) is 7.36. The van der Waals surface area contributed by atoms with Crippen molar-refractivity contribution in [3.05, 3.63) is 35.1 Å². The third-order valence-electron chi connectivity index (χ3n) is 3.83. The minimum Gasteiger partial charge on any atom is -0.313 e. The van der Waals surface area contributed by atoms with Crippen LogP contribution in [0.2, 0.25) is 0 Å². The Labute approximate surface area is 120 Å². The van der Waals surface area contributed by atoms with Gasteiger partial charge in [0.1, 0.15) is 5.82 Å². The standard InChI is InChI=1S/C16H22FN3/c1-2-20(12-16-5-3-4-6-19-16)11-14-7-13(10-18)8-15(17)9-14/h7-9,16,19H,2-6,11-12H2,1H3. The predicted octanol–water partition coefficient (Wildman–Crippen LogP) is 2.66. The minimum absolute atomic E-state index is 0.328. The second kappa shape index (κ2) is 7.37. The molecule has 1 saturated heterocycles. The number of nitriles is 1. The van der Waals surface area contributed by atoms with E-state index in [1.165, 1.54) is 31.4 Å². The van der Waals surface area contributed by atoms with E-state index in [4.69, 9.17) is 5.26 Å². The lowest BCUT2D eigenvalue weighted by Gasteiger charge is -2.30. The van der Waals surface area contributed by atoms with Crippen molar-refractivity contribution >= 4 is 0 Å². The molecular weight excluding hydrogens is 253 g/mol. The van der Waals surface area contributed by atoms with Gasteiger partial charge in [0, 0.05) is 19.1 Å². The summed E-state index contributed by atoms with van der Waals surface area (Å²) in [5, 5.41) is 12.4. The Morgan fingerprint density at radius 3 is 2.90 bits per heavy atom. The van der Waals surface area contributed by atoms with Crippen LogP contribution in [0.1, 0.15) is 37.3 Å². The molecule has 108 valence electrons. The SMILES string of the molecule is CCN(Cc1cc(F)cc(C#N)c1)CC1CCCCN1. The quantitative estimate of drug-likeness (QED) is 0.898. The average molecular weight is 275 g/mol.